The summed E-state index contributed by atoms with van der Waals surface area (Å²) in [6.07, 6.45) is 1.76. The van der Waals surface area contributed by atoms with Crippen molar-refractivity contribution in [3.63, 3.8) is 0 Å². The summed E-state index contributed by atoms with van der Waals surface area (Å²) in [7, 11) is 3.40. The molecule has 0 aliphatic rings. The molecule has 0 fully saturated rings. The summed E-state index contributed by atoms with van der Waals surface area (Å²) in [6, 6.07) is 50.3. The Kier molecular flexibility index (Phi) is 8.76. The molecule has 0 spiro atoms. The Hall–Kier alpha value is -6.40. The van der Waals surface area contributed by atoms with Gasteiger partial charge in [-0.05, 0) is 76.7 Å². The van der Waals surface area contributed by atoms with Crippen LogP contribution in [-0.4, -0.2) is 24.2 Å². The number of benzene rings is 6. The largest absolute Gasteiger partial charge is 0.496 e. The fraction of sp³-hybridized carbons (Fsp3) is 0.0698. The maximum atomic E-state index is 6.10. The highest BCUT2D eigenvalue weighted by Crippen LogP contribution is 2.38. The number of anilines is 4. The van der Waals surface area contributed by atoms with Crippen LogP contribution in [0.5, 0.6) is 11.5 Å². The highest BCUT2D eigenvalue weighted by atomic mass is 16.5. The predicted molar refractivity (Wildman–Crippen MR) is 201 cm³/mol. The van der Waals surface area contributed by atoms with Crippen LogP contribution in [0.2, 0.25) is 0 Å². The molecule has 7 aromatic rings. The molecule has 6 aromatic carbocycles. The lowest BCUT2D eigenvalue weighted by molar-refractivity contribution is 0.416. The van der Waals surface area contributed by atoms with Crippen molar-refractivity contribution in [2.24, 2.45) is 0 Å². The van der Waals surface area contributed by atoms with Gasteiger partial charge in [0.15, 0.2) is 0 Å². The molecule has 7 rings (SSSR count). The number of nitrogens with zero attached hydrogens (tertiary/aromatic N) is 3. The molecule has 0 saturated carbocycles. The Morgan fingerprint density at radius 1 is 0.490 bits per heavy atom. The quantitative estimate of drug-likeness (QED) is 0.169. The van der Waals surface area contributed by atoms with E-state index in [4.69, 9.17) is 15.2 Å². The third-order valence-corrected chi connectivity index (χ3v) is 8.70. The number of aryl methyl sites for hydroxylation is 1. The van der Waals surface area contributed by atoms with Gasteiger partial charge in [-0.2, -0.15) is 4.98 Å². The second kappa shape index (κ2) is 13.8. The standard InChI is InChI=1S/C43H36N4O2/c1-29-28-45-43(44)46-42(29)47(36-24-20-32(21-25-36)30-12-16-34(17-13-30)38-8-4-6-10-40(38)48-2)37-26-22-33(23-27-37)31-14-18-35(19-15-31)39-9-5-7-11-41(39)49-3/h4-28H,1-3H3,(H2,44,45,46). The Balaban J connectivity index is 1.18. The van der Waals surface area contributed by atoms with Crippen molar-refractivity contribution in [1.29, 1.82) is 0 Å². The maximum absolute atomic E-state index is 6.10. The van der Waals surface area contributed by atoms with E-state index in [1.165, 1.54) is 0 Å². The van der Waals surface area contributed by atoms with E-state index in [2.05, 4.69) is 124 Å². The van der Waals surface area contributed by atoms with Gasteiger partial charge in [-0.25, -0.2) is 4.98 Å². The van der Waals surface area contributed by atoms with Gasteiger partial charge in [-0.3, -0.25) is 4.90 Å². The van der Waals surface area contributed by atoms with E-state index in [0.29, 0.717) is 0 Å². The molecule has 0 amide bonds. The zero-order chi connectivity index (χ0) is 33.7. The molecule has 0 saturated heterocycles. The summed E-state index contributed by atoms with van der Waals surface area (Å²) in [5, 5.41) is 0. The average molecular weight is 641 g/mol. The Bertz CT molecular complexity index is 2060. The van der Waals surface area contributed by atoms with Gasteiger partial charge in [0.05, 0.1) is 14.2 Å². The fourth-order valence-electron chi connectivity index (χ4n) is 6.12. The van der Waals surface area contributed by atoms with Crippen LogP contribution in [0.4, 0.5) is 23.1 Å². The Morgan fingerprint density at radius 3 is 1.27 bits per heavy atom. The second-order valence-electron chi connectivity index (χ2n) is 11.7. The highest BCUT2D eigenvalue weighted by Gasteiger charge is 2.18. The molecule has 6 nitrogen and oxygen atoms in total. The van der Waals surface area contributed by atoms with Gasteiger partial charge in [0.1, 0.15) is 17.3 Å². The molecular formula is C43H36N4O2. The molecular weight excluding hydrogens is 604 g/mol. The summed E-state index contributed by atoms with van der Waals surface area (Å²) in [4.78, 5) is 11.0. The van der Waals surface area contributed by atoms with E-state index in [0.717, 1.165) is 78.8 Å². The van der Waals surface area contributed by atoms with Crippen molar-refractivity contribution in [3.8, 4) is 56.0 Å². The lowest BCUT2D eigenvalue weighted by Crippen LogP contribution is -2.14. The number of para-hydroxylation sites is 2. The van der Waals surface area contributed by atoms with Crippen molar-refractivity contribution < 1.29 is 9.47 Å². The monoisotopic (exact) mass is 640 g/mol. The van der Waals surface area contributed by atoms with Crippen LogP contribution < -0.4 is 20.1 Å². The van der Waals surface area contributed by atoms with Gasteiger partial charge in [-0.15, -0.1) is 0 Å². The van der Waals surface area contributed by atoms with Crippen LogP contribution in [0.3, 0.4) is 0 Å². The van der Waals surface area contributed by atoms with Crippen molar-refractivity contribution >= 4 is 23.1 Å². The zero-order valence-corrected chi connectivity index (χ0v) is 27.7. The normalized spacial score (nSPS) is 10.8. The van der Waals surface area contributed by atoms with Crippen LogP contribution in [0.25, 0.3) is 44.5 Å². The third kappa shape index (κ3) is 6.45. The van der Waals surface area contributed by atoms with Crippen molar-refractivity contribution in [3.05, 3.63) is 157 Å². The Labute approximate surface area is 287 Å². The topological polar surface area (TPSA) is 73.5 Å². The maximum Gasteiger partial charge on any atom is 0.221 e. The lowest BCUT2D eigenvalue weighted by atomic mass is 9.99. The van der Waals surface area contributed by atoms with E-state index in [1.807, 2.05) is 43.3 Å². The molecule has 1 aromatic heterocycles. The zero-order valence-electron chi connectivity index (χ0n) is 27.7. The number of rotatable bonds is 9. The first kappa shape index (κ1) is 31.2. The molecule has 2 N–H and O–H groups in total. The number of aromatic nitrogens is 2. The molecule has 240 valence electrons. The van der Waals surface area contributed by atoms with Crippen LogP contribution in [0, 0.1) is 6.92 Å². The molecule has 0 bridgehead atoms. The Morgan fingerprint density at radius 2 is 0.857 bits per heavy atom. The molecule has 0 aliphatic heterocycles. The van der Waals surface area contributed by atoms with Crippen molar-refractivity contribution in [2.75, 3.05) is 24.9 Å². The van der Waals surface area contributed by atoms with Crippen LogP contribution in [-0.2, 0) is 0 Å². The van der Waals surface area contributed by atoms with Crippen LogP contribution in [0.15, 0.2) is 152 Å². The molecule has 0 atom stereocenters. The van der Waals surface area contributed by atoms with Crippen LogP contribution in [0.1, 0.15) is 5.56 Å². The first-order valence-corrected chi connectivity index (χ1v) is 16.1. The van der Waals surface area contributed by atoms with E-state index in [1.54, 1.807) is 20.4 Å². The van der Waals surface area contributed by atoms with E-state index >= 15 is 0 Å². The molecule has 1 heterocycles. The van der Waals surface area contributed by atoms with Crippen LogP contribution >= 0.6 is 0 Å². The van der Waals surface area contributed by atoms with Gasteiger partial charge < -0.3 is 15.2 Å². The minimum Gasteiger partial charge on any atom is -0.496 e. The number of nitrogen functional groups attached to an aromatic ring is 1. The van der Waals surface area contributed by atoms with Crippen molar-refractivity contribution in [2.45, 2.75) is 6.92 Å². The minimum atomic E-state index is 0.226. The van der Waals surface area contributed by atoms with Gasteiger partial charge in [-0.1, -0.05) is 109 Å². The first-order chi connectivity index (χ1) is 24.0. The van der Waals surface area contributed by atoms with Gasteiger partial charge in [0, 0.05) is 34.3 Å². The smallest absolute Gasteiger partial charge is 0.221 e. The summed E-state index contributed by atoms with van der Waals surface area (Å²) in [6.45, 7) is 2.00. The number of hydrogen-bond donors (Lipinski definition) is 1. The van der Waals surface area contributed by atoms with Gasteiger partial charge >= 0.3 is 0 Å². The molecule has 0 unspecified atom stereocenters. The highest BCUT2D eigenvalue weighted by molar-refractivity contribution is 5.81. The van der Waals surface area contributed by atoms with E-state index in [9.17, 15) is 0 Å². The summed E-state index contributed by atoms with van der Waals surface area (Å²) in [5.74, 6) is 2.67. The number of methoxy groups -OCH3 is 2. The lowest BCUT2D eigenvalue weighted by Gasteiger charge is -2.26. The van der Waals surface area contributed by atoms with E-state index < -0.39 is 0 Å². The fourth-order valence-corrected chi connectivity index (χ4v) is 6.12. The molecule has 0 aliphatic carbocycles. The first-order valence-electron chi connectivity index (χ1n) is 16.1. The summed E-state index contributed by atoms with van der Waals surface area (Å²) >= 11 is 0. The SMILES string of the molecule is COc1ccccc1-c1ccc(-c2ccc(N(c3ccc(-c4ccc(-c5ccccc5OC)cc4)cc3)c3nc(N)ncc3C)cc2)cc1. The second-order valence-corrected chi connectivity index (χ2v) is 11.7. The number of hydrogen-bond acceptors (Lipinski definition) is 6. The average Bonchev–Trinajstić information content (AvgIpc) is 3.17. The summed E-state index contributed by atoms with van der Waals surface area (Å²) < 4.78 is 11.1. The molecule has 49 heavy (non-hydrogen) atoms. The van der Waals surface area contributed by atoms with E-state index in [-0.39, 0.29) is 5.95 Å². The van der Waals surface area contributed by atoms with Crippen molar-refractivity contribution in [1.82, 2.24) is 9.97 Å². The number of nitrogens with two attached hydrogens (primary N) is 1. The minimum absolute atomic E-state index is 0.226. The van der Waals surface area contributed by atoms with Gasteiger partial charge in [0.25, 0.3) is 0 Å². The summed E-state index contributed by atoms with van der Waals surface area (Å²) in [5.41, 5.74) is 17.8. The predicted octanol–water partition coefficient (Wildman–Crippen LogP) is 10.5. The molecule has 0 radical (unpaired) electrons. The third-order valence-electron chi connectivity index (χ3n) is 8.70. The van der Waals surface area contributed by atoms with Gasteiger partial charge in [0.2, 0.25) is 5.95 Å². The number of ether oxygens (including phenoxy) is 2. The molecule has 6 heteroatoms.